The predicted molar refractivity (Wildman–Crippen MR) is 83.5 cm³/mol. The first kappa shape index (κ1) is 14.4. The van der Waals surface area contributed by atoms with E-state index in [-0.39, 0.29) is 5.91 Å². The number of halogens is 2. The number of aromatic amines is 1. The van der Waals surface area contributed by atoms with E-state index in [9.17, 15) is 4.79 Å². The van der Waals surface area contributed by atoms with Crippen LogP contribution in [-0.4, -0.2) is 33.4 Å². The smallest absolute Gasteiger partial charge is 0.224 e. The van der Waals surface area contributed by atoms with Gasteiger partial charge in [-0.3, -0.25) is 9.89 Å². The summed E-state index contributed by atoms with van der Waals surface area (Å²) in [5.41, 5.74) is 4.01. The second kappa shape index (κ2) is 6.08. The van der Waals surface area contributed by atoms with E-state index in [1.807, 2.05) is 29.2 Å². The molecular weight excluding hydrogens is 309 g/mol. The molecular formula is C15H15Cl2N3O. The van der Waals surface area contributed by atoms with Crippen molar-refractivity contribution >= 4 is 29.1 Å². The highest BCUT2D eigenvalue weighted by Gasteiger charge is 2.25. The van der Waals surface area contributed by atoms with E-state index in [0.29, 0.717) is 30.4 Å². The Labute approximate surface area is 133 Å². The second-order valence-electron chi connectivity index (χ2n) is 5.04. The van der Waals surface area contributed by atoms with Gasteiger partial charge in [0.2, 0.25) is 5.91 Å². The summed E-state index contributed by atoms with van der Waals surface area (Å²) >= 11 is 11.7. The number of aromatic nitrogens is 2. The number of hydrogen-bond acceptors (Lipinski definition) is 2. The molecule has 1 aliphatic heterocycles. The molecule has 1 amide bonds. The van der Waals surface area contributed by atoms with E-state index in [1.54, 1.807) is 0 Å². The molecule has 4 nitrogen and oxygen atoms in total. The Bertz CT molecular complexity index is 669. The summed E-state index contributed by atoms with van der Waals surface area (Å²) < 4.78 is 0. The third-order valence-corrected chi connectivity index (χ3v) is 4.12. The van der Waals surface area contributed by atoms with Crippen LogP contribution < -0.4 is 0 Å². The first-order valence-electron chi connectivity index (χ1n) is 6.85. The molecule has 2 aromatic rings. The number of carbonyl (C=O) groups is 1. The zero-order valence-electron chi connectivity index (χ0n) is 11.4. The van der Waals surface area contributed by atoms with E-state index in [2.05, 4.69) is 10.2 Å². The lowest BCUT2D eigenvalue weighted by molar-refractivity contribution is -0.131. The third-order valence-electron chi connectivity index (χ3n) is 3.69. The van der Waals surface area contributed by atoms with Gasteiger partial charge in [-0.2, -0.15) is 5.10 Å². The van der Waals surface area contributed by atoms with Gasteiger partial charge < -0.3 is 4.90 Å². The molecule has 0 saturated heterocycles. The van der Waals surface area contributed by atoms with Gasteiger partial charge in [0, 0.05) is 53.7 Å². The predicted octanol–water partition coefficient (Wildman–Crippen LogP) is 3.24. The highest BCUT2D eigenvalue weighted by atomic mass is 35.5. The van der Waals surface area contributed by atoms with Gasteiger partial charge >= 0.3 is 0 Å². The van der Waals surface area contributed by atoms with Gasteiger partial charge in [0.15, 0.2) is 0 Å². The number of amides is 1. The molecule has 110 valence electrons. The summed E-state index contributed by atoms with van der Waals surface area (Å²) in [6.07, 6.45) is 1.16. The summed E-state index contributed by atoms with van der Waals surface area (Å²) in [6.45, 7) is 1.28. The molecule has 2 heterocycles. The molecule has 0 atom stereocenters. The highest BCUT2D eigenvalue weighted by molar-refractivity contribution is 6.30. The van der Waals surface area contributed by atoms with Crippen molar-refractivity contribution in [1.82, 2.24) is 15.1 Å². The molecule has 6 heteroatoms. The molecule has 0 radical (unpaired) electrons. The zero-order valence-corrected chi connectivity index (χ0v) is 12.9. The number of alkyl halides is 1. The van der Waals surface area contributed by atoms with E-state index in [4.69, 9.17) is 23.2 Å². The molecule has 1 N–H and O–H groups in total. The van der Waals surface area contributed by atoms with Crippen LogP contribution in [-0.2, 0) is 17.8 Å². The Hall–Kier alpha value is -1.52. The number of carbonyl (C=O) groups excluding carboxylic acids is 1. The Morgan fingerprint density at radius 3 is 3.05 bits per heavy atom. The molecule has 0 bridgehead atoms. The fourth-order valence-corrected chi connectivity index (χ4v) is 2.97. The first-order chi connectivity index (χ1) is 10.2. The maximum atomic E-state index is 12.0. The van der Waals surface area contributed by atoms with Gasteiger partial charge in [-0.1, -0.05) is 23.7 Å². The minimum absolute atomic E-state index is 0.0916. The van der Waals surface area contributed by atoms with Crippen LogP contribution in [0.25, 0.3) is 11.3 Å². The molecule has 0 spiro atoms. The van der Waals surface area contributed by atoms with Crippen LogP contribution in [0.15, 0.2) is 24.3 Å². The van der Waals surface area contributed by atoms with Crippen LogP contribution >= 0.6 is 23.2 Å². The van der Waals surface area contributed by atoms with E-state index in [0.717, 1.165) is 28.9 Å². The van der Waals surface area contributed by atoms with Gasteiger partial charge in [0.1, 0.15) is 0 Å². The van der Waals surface area contributed by atoms with Gasteiger partial charge in [-0.25, -0.2) is 0 Å². The average molecular weight is 324 g/mol. The van der Waals surface area contributed by atoms with Crippen molar-refractivity contribution in [3.63, 3.8) is 0 Å². The van der Waals surface area contributed by atoms with Crippen LogP contribution in [0.1, 0.15) is 17.7 Å². The van der Waals surface area contributed by atoms with Crippen molar-refractivity contribution in [3.8, 4) is 11.3 Å². The SMILES string of the molecule is O=C(CCCl)N1CCc2[nH]nc(-c3cccc(Cl)c3)c2C1. The van der Waals surface area contributed by atoms with Gasteiger partial charge in [0.05, 0.1) is 5.69 Å². The zero-order chi connectivity index (χ0) is 14.8. The van der Waals surface area contributed by atoms with Crippen LogP contribution in [0.3, 0.4) is 0 Å². The lowest BCUT2D eigenvalue weighted by atomic mass is 10.0. The number of benzene rings is 1. The van der Waals surface area contributed by atoms with Crippen molar-refractivity contribution in [2.75, 3.05) is 12.4 Å². The van der Waals surface area contributed by atoms with Crippen molar-refractivity contribution in [2.24, 2.45) is 0 Å². The number of nitrogens with one attached hydrogen (secondary N) is 1. The Kier molecular flexibility index (Phi) is 4.17. The Morgan fingerprint density at radius 1 is 1.43 bits per heavy atom. The number of rotatable bonds is 3. The number of nitrogens with zero attached hydrogens (tertiary/aromatic N) is 2. The number of hydrogen-bond donors (Lipinski definition) is 1. The molecule has 0 aliphatic carbocycles. The quantitative estimate of drug-likeness (QED) is 0.881. The van der Waals surface area contributed by atoms with Gasteiger partial charge in [-0.15, -0.1) is 11.6 Å². The lowest BCUT2D eigenvalue weighted by Crippen LogP contribution is -2.36. The van der Waals surface area contributed by atoms with Crippen molar-refractivity contribution < 1.29 is 4.79 Å². The van der Waals surface area contributed by atoms with Crippen LogP contribution in [0.2, 0.25) is 5.02 Å². The molecule has 0 unspecified atom stereocenters. The number of H-pyrrole nitrogens is 1. The van der Waals surface area contributed by atoms with Crippen LogP contribution in [0.4, 0.5) is 0 Å². The van der Waals surface area contributed by atoms with Crippen LogP contribution in [0.5, 0.6) is 0 Å². The summed E-state index contributed by atoms with van der Waals surface area (Å²) in [5, 5.41) is 8.16. The van der Waals surface area contributed by atoms with E-state index >= 15 is 0 Å². The first-order valence-corrected chi connectivity index (χ1v) is 7.76. The lowest BCUT2D eigenvalue weighted by Gasteiger charge is -2.27. The molecule has 21 heavy (non-hydrogen) atoms. The maximum absolute atomic E-state index is 12.0. The monoisotopic (exact) mass is 323 g/mol. The minimum Gasteiger partial charge on any atom is -0.338 e. The largest absolute Gasteiger partial charge is 0.338 e. The normalized spacial score (nSPS) is 14.1. The van der Waals surface area contributed by atoms with Crippen molar-refractivity contribution in [1.29, 1.82) is 0 Å². The number of fused-ring (bicyclic) bond motifs is 1. The Balaban J connectivity index is 1.91. The van der Waals surface area contributed by atoms with Gasteiger partial charge in [0.25, 0.3) is 0 Å². The molecule has 1 aromatic carbocycles. The molecule has 0 fully saturated rings. The van der Waals surface area contributed by atoms with Gasteiger partial charge in [-0.05, 0) is 12.1 Å². The highest BCUT2D eigenvalue weighted by Crippen LogP contribution is 2.29. The summed E-state index contributed by atoms with van der Waals surface area (Å²) in [4.78, 5) is 13.9. The van der Waals surface area contributed by atoms with Crippen LogP contribution in [0, 0.1) is 0 Å². The minimum atomic E-state index is 0.0916. The maximum Gasteiger partial charge on any atom is 0.224 e. The topological polar surface area (TPSA) is 49.0 Å². The second-order valence-corrected chi connectivity index (χ2v) is 5.86. The van der Waals surface area contributed by atoms with E-state index < -0.39 is 0 Å². The Morgan fingerprint density at radius 2 is 2.29 bits per heavy atom. The fourth-order valence-electron chi connectivity index (χ4n) is 2.62. The molecule has 1 aromatic heterocycles. The third kappa shape index (κ3) is 2.92. The fraction of sp³-hybridized carbons (Fsp3) is 0.333. The van der Waals surface area contributed by atoms with Crippen molar-refractivity contribution in [3.05, 3.63) is 40.5 Å². The molecule has 0 saturated carbocycles. The standard InChI is InChI=1S/C15H15Cl2N3O/c16-6-4-14(21)20-7-5-13-12(9-20)15(19-18-13)10-2-1-3-11(17)8-10/h1-3,8H,4-7,9H2,(H,18,19). The van der Waals surface area contributed by atoms with Crippen molar-refractivity contribution in [2.45, 2.75) is 19.4 Å². The summed E-state index contributed by atoms with van der Waals surface area (Å²) in [7, 11) is 0. The van der Waals surface area contributed by atoms with E-state index in [1.165, 1.54) is 0 Å². The molecule has 3 rings (SSSR count). The summed E-state index contributed by atoms with van der Waals surface area (Å²) in [6, 6.07) is 7.60. The molecule has 1 aliphatic rings. The summed E-state index contributed by atoms with van der Waals surface area (Å²) in [5.74, 6) is 0.447. The average Bonchev–Trinajstić information content (AvgIpc) is 2.90.